The number of hydrogen-bond acceptors (Lipinski definition) is 5. The summed E-state index contributed by atoms with van der Waals surface area (Å²) >= 11 is 0. The average Bonchev–Trinajstić information content (AvgIpc) is 3.06. The number of methoxy groups -OCH3 is 1. The Morgan fingerprint density at radius 2 is 2.35 bits per heavy atom. The first-order valence-corrected chi connectivity index (χ1v) is 6.73. The van der Waals surface area contributed by atoms with E-state index in [9.17, 15) is 4.79 Å². The van der Waals surface area contributed by atoms with Gasteiger partial charge in [0.1, 0.15) is 0 Å². The van der Waals surface area contributed by atoms with Gasteiger partial charge in [-0.1, -0.05) is 0 Å². The molecule has 3 rings (SSSR count). The predicted octanol–water partition coefficient (Wildman–Crippen LogP) is 0.792. The Morgan fingerprint density at radius 3 is 3.10 bits per heavy atom. The number of nitrogens with one attached hydrogen (secondary N) is 2. The molecule has 1 fully saturated rings. The molecule has 1 aromatic rings. The van der Waals surface area contributed by atoms with Crippen molar-refractivity contribution in [1.82, 2.24) is 10.6 Å². The van der Waals surface area contributed by atoms with E-state index >= 15 is 0 Å². The van der Waals surface area contributed by atoms with E-state index in [1.807, 2.05) is 12.1 Å². The third kappa shape index (κ3) is 2.65. The van der Waals surface area contributed by atoms with Crippen LogP contribution < -0.4 is 24.8 Å². The minimum Gasteiger partial charge on any atom is -0.493 e. The van der Waals surface area contributed by atoms with E-state index in [0.29, 0.717) is 24.5 Å². The van der Waals surface area contributed by atoms with Gasteiger partial charge in [0.25, 0.3) is 0 Å². The van der Waals surface area contributed by atoms with Gasteiger partial charge in [-0.15, -0.1) is 0 Å². The summed E-state index contributed by atoms with van der Waals surface area (Å²) in [6, 6.07) is 4.12. The smallest absolute Gasteiger partial charge is 0.231 e. The molecular formula is C14H18N2O4. The fraction of sp³-hybridized carbons (Fsp3) is 0.500. The fourth-order valence-corrected chi connectivity index (χ4v) is 2.51. The first kappa shape index (κ1) is 13.1. The summed E-state index contributed by atoms with van der Waals surface area (Å²) in [5.74, 6) is 2.21. The SMILES string of the molecule is COc1cc(CNCC2CCC(=O)N2)cc2c1OCO2. The van der Waals surface area contributed by atoms with Crippen LogP contribution in [-0.2, 0) is 11.3 Å². The van der Waals surface area contributed by atoms with Gasteiger partial charge in [0, 0.05) is 25.6 Å². The summed E-state index contributed by atoms with van der Waals surface area (Å²) in [6.07, 6.45) is 1.53. The number of amides is 1. The van der Waals surface area contributed by atoms with E-state index in [4.69, 9.17) is 14.2 Å². The molecule has 6 nitrogen and oxygen atoms in total. The minimum atomic E-state index is 0.140. The third-order valence-corrected chi connectivity index (χ3v) is 3.52. The van der Waals surface area contributed by atoms with E-state index in [1.54, 1.807) is 7.11 Å². The largest absolute Gasteiger partial charge is 0.493 e. The second-order valence-corrected chi connectivity index (χ2v) is 4.97. The topological polar surface area (TPSA) is 68.8 Å². The second-order valence-electron chi connectivity index (χ2n) is 4.97. The van der Waals surface area contributed by atoms with Gasteiger partial charge < -0.3 is 24.8 Å². The second kappa shape index (κ2) is 5.58. The molecule has 20 heavy (non-hydrogen) atoms. The number of fused-ring (bicyclic) bond motifs is 1. The first-order chi connectivity index (χ1) is 9.76. The highest BCUT2D eigenvalue weighted by atomic mass is 16.7. The Labute approximate surface area is 117 Å². The van der Waals surface area contributed by atoms with E-state index in [-0.39, 0.29) is 18.7 Å². The number of carbonyl (C=O) groups excluding carboxylic acids is 1. The van der Waals surface area contributed by atoms with Gasteiger partial charge in [-0.25, -0.2) is 0 Å². The highest BCUT2D eigenvalue weighted by molar-refractivity contribution is 5.78. The van der Waals surface area contributed by atoms with Crippen LogP contribution in [0, 0.1) is 0 Å². The molecule has 0 aliphatic carbocycles. The minimum absolute atomic E-state index is 0.140. The molecule has 0 spiro atoms. The molecule has 2 aliphatic rings. The molecule has 0 radical (unpaired) electrons. The van der Waals surface area contributed by atoms with Crippen molar-refractivity contribution in [3.8, 4) is 17.2 Å². The lowest BCUT2D eigenvalue weighted by Crippen LogP contribution is -2.35. The Balaban J connectivity index is 1.59. The van der Waals surface area contributed by atoms with Crippen molar-refractivity contribution in [3.05, 3.63) is 17.7 Å². The zero-order valence-corrected chi connectivity index (χ0v) is 11.4. The lowest BCUT2D eigenvalue weighted by molar-refractivity contribution is -0.119. The Bertz CT molecular complexity index is 518. The number of benzene rings is 1. The summed E-state index contributed by atoms with van der Waals surface area (Å²) in [5.41, 5.74) is 1.07. The predicted molar refractivity (Wildman–Crippen MR) is 72.0 cm³/mol. The molecule has 1 amide bonds. The van der Waals surface area contributed by atoms with Crippen molar-refractivity contribution in [2.24, 2.45) is 0 Å². The van der Waals surface area contributed by atoms with Gasteiger partial charge in [-0.2, -0.15) is 0 Å². The van der Waals surface area contributed by atoms with Crippen LogP contribution in [0.15, 0.2) is 12.1 Å². The van der Waals surface area contributed by atoms with Crippen LogP contribution in [0.1, 0.15) is 18.4 Å². The number of hydrogen-bond donors (Lipinski definition) is 2. The number of carbonyl (C=O) groups is 1. The standard InChI is InChI=1S/C14H18N2O4/c1-18-11-4-9(5-12-14(11)20-8-19-12)6-15-7-10-2-3-13(17)16-10/h4-5,10,15H,2-3,6-8H2,1H3,(H,16,17). The Hall–Kier alpha value is -1.95. The van der Waals surface area contributed by atoms with Gasteiger partial charge in [-0.05, 0) is 24.1 Å². The summed E-state index contributed by atoms with van der Waals surface area (Å²) in [4.78, 5) is 11.1. The summed E-state index contributed by atoms with van der Waals surface area (Å²) in [5, 5.41) is 6.27. The normalized spacial score (nSPS) is 20.1. The lowest BCUT2D eigenvalue weighted by Gasteiger charge is -2.12. The van der Waals surface area contributed by atoms with Gasteiger partial charge in [0.05, 0.1) is 7.11 Å². The molecule has 1 aromatic carbocycles. The van der Waals surface area contributed by atoms with Crippen molar-refractivity contribution >= 4 is 5.91 Å². The van der Waals surface area contributed by atoms with Crippen LogP contribution in [0.25, 0.3) is 0 Å². The van der Waals surface area contributed by atoms with Crippen LogP contribution in [-0.4, -0.2) is 32.4 Å². The van der Waals surface area contributed by atoms with Crippen LogP contribution in [0.2, 0.25) is 0 Å². The third-order valence-electron chi connectivity index (χ3n) is 3.52. The Morgan fingerprint density at radius 1 is 1.45 bits per heavy atom. The van der Waals surface area contributed by atoms with Gasteiger partial charge in [0.15, 0.2) is 11.5 Å². The summed E-state index contributed by atoms with van der Waals surface area (Å²) in [6.45, 7) is 1.69. The zero-order chi connectivity index (χ0) is 13.9. The van der Waals surface area contributed by atoms with Crippen molar-refractivity contribution in [2.75, 3.05) is 20.4 Å². The highest BCUT2D eigenvalue weighted by Gasteiger charge is 2.21. The van der Waals surface area contributed by atoms with Crippen LogP contribution >= 0.6 is 0 Å². The molecule has 2 aliphatic heterocycles. The molecule has 0 bridgehead atoms. The molecule has 0 aromatic heterocycles. The number of rotatable bonds is 5. The monoisotopic (exact) mass is 278 g/mol. The van der Waals surface area contributed by atoms with Crippen LogP contribution in [0.3, 0.4) is 0 Å². The van der Waals surface area contributed by atoms with Crippen LogP contribution in [0.4, 0.5) is 0 Å². The molecule has 1 saturated heterocycles. The van der Waals surface area contributed by atoms with Gasteiger partial charge in [-0.3, -0.25) is 4.79 Å². The zero-order valence-electron chi connectivity index (χ0n) is 11.4. The van der Waals surface area contributed by atoms with Gasteiger partial charge >= 0.3 is 0 Å². The van der Waals surface area contributed by atoms with Crippen LogP contribution in [0.5, 0.6) is 17.2 Å². The van der Waals surface area contributed by atoms with Crippen molar-refractivity contribution < 1.29 is 19.0 Å². The fourth-order valence-electron chi connectivity index (χ4n) is 2.51. The van der Waals surface area contributed by atoms with Gasteiger partial charge in [0.2, 0.25) is 18.4 Å². The molecule has 108 valence electrons. The first-order valence-electron chi connectivity index (χ1n) is 6.73. The molecule has 2 N–H and O–H groups in total. The molecule has 1 atom stereocenters. The summed E-state index contributed by atoms with van der Waals surface area (Å²) in [7, 11) is 1.61. The summed E-state index contributed by atoms with van der Waals surface area (Å²) < 4.78 is 16.0. The molecule has 0 saturated carbocycles. The molecule has 6 heteroatoms. The molecular weight excluding hydrogens is 260 g/mol. The maximum Gasteiger partial charge on any atom is 0.231 e. The quantitative estimate of drug-likeness (QED) is 0.833. The molecule has 2 heterocycles. The maximum absolute atomic E-state index is 11.1. The Kier molecular flexibility index (Phi) is 3.64. The molecule has 1 unspecified atom stereocenters. The van der Waals surface area contributed by atoms with Crippen molar-refractivity contribution in [1.29, 1.82) is 0 Å². The lowest BCUT2D eigenvalue weighted by atomic mass is 10.1. The van der Waals surface area contributed by atoms with E-state index < -0.39 is 0 Å². The number of ether oxygens (including phenoxy) is 3. The maximum atomic E-state index is 11.1. The van der Waals surface area contributed by atoms with Crippen molar-refractivity contribution in [2.45, 2.75) is 25.4 Å². The highest BCUT2D eigenvalue weighted by Crippen LogP contribution is 2.41. The van der Waals surface area contributed by atoms with E-state index in [0.717, 1.165) is 24.3 Å². The van der Waals surface area contributed by atoms with E-state index in [2.05, 4.69) is 10.6 Å². The average molecular weight is 278 g/mol. The van der Waals surface area contributed by atoms with E-state index in [1.165, 1.54) is 0 Å². The van der Waals surface area contributed by atoms with Crippen molar-refractivity contribution in [3.63, 3.8) is 0 Å².